The summed E-state index contributed by atoms with van der Waals surface area (Å²) >= 11 is 0. The van der Waals surface area contributed by atoms with E-state index >= 15 is 0 Å². The van der Waals surface area contributed by atoms with E-state index in [1.54, 1.807) is 19.1 Å². The van der Waals surface area contributed by atoms with Gasteiger partial charge in [-0.2, -0.15) is 0 Å². The standard InChI is InChI=1S/C14H21FN2O2/c1-11(19)12-3-2-4-13(15)14(12)17-7-5-16(6-8-17)9-10-18/h2-4,11,18-19H,5-10H2,1H3/t11-/m0/s1. The normalized spacial score (nSPS) is 18.6. The maximum Gasteiger partial charge on any atom is 0.146 e. The second kappa shape index (κ2) is 6.32. The van der Waals surface area contributed by atoms with Crippen LogP contribution < -0.4 is 4.90 Å². The fourth-order valence-corrected chi connectivity index (χ4v) is 2.54. The number of aliphatic hydroxyl groups excluding tert-OH is 2. The number of β-amino-alcohol motifs (C(OH)–C–C–N with tert-alkyl or cyclic N) is 1. The van der Waals surface area contributed by atoms with Gasteiger partial charge in [-0.1, -0.05) is 12.1 Å². The fraction of sp³-hybridized carbons (Fsp3) is 0.571. The van der Waals surface area contributed by atoms with Crippen molar-refractivity contribution in [3.8, 4) is 0 Å². The minimum atomic E-state index is -0.679. The zero-order chi connectivity index (χ0) is 13.8. The molecule has 1 saturated heterocycles. The summed E-state index contributed by atoms with van der Waals surface area (Å²) in [5, 5.41) is 18.7. The molecule has 1 atom stereocenters. The highest BCUT2D eigenvalue weighted by Gasteiger charge is 2.22. The highest BCUT2D eigenvalue weighted by molar-refractivity contribution is 5.56. The SMILES string of the molecule is C[C@H](O)c1cccc(F)c1N1CCN(CCO)CC1. The van der Waals surface area contributed by atoms with Crippen molar-refractivity contribution < 1.29 is 14.6 Å². The summed E-state index contributed by atoms with van der Waals surface area (Å²) in [5.41, 5.74) is 1.15. The minimum Gasteiger partial charge on any atom is -0.395 e. The van der Waals surface area contributed by atoms with Crippen LogP contribution in [-0.4, -0.2) is 54.4 Å². The van der Waals surface area contributed by atoms with Gasteiger partial charge < -0.3 is 15.1 Å². The predicted octanol–water partition coefficient (Wildman–Crippen LogP) is 0.993. The van der Waals surface area contributed by atoms with Gasteiger partial charge in [0.05, 0.1) is 18.4 Å². The van der Waals surface area contributed by atoms with E-state index in [1.165, 1.54) is 6.07 Å². The molecule has 0 aromatic heterocycles. The van der Waals surface area contributed by atoms with E-state index in [9.17, 15) is 9.50 Å². The summed E-state index contributed by atoms with van der Waals surface area (Å²) in [6.07, 6.45) is -0.679. The van der Waals surface area contributed by atoms with Crippen molar-refractivity contribution in [3.63, 3.8) is 0 Å². The Balaban J connectivity index is 2.15. The van der Waals surface area contributed by atoms with Gasteiger partial charge in [0.15, 0.2) is 0 Å². The van der Waals surface area contributed by atoms with Crippen molar-refractivity contribution >= 4 is 5.69 Å². The molecular formula is C14H21FN2O2. The number of para-hydroxylation sites is 1. The molecule has 4 nitrogen and oxygen atoms in total. The maximum atomic E-state index is 14.0. The van der Waals surface area contributed by atoms with Gasteiger partial charge in [0.25, 0.3) is 0 Å². The number of halogens is 1. The minimum absolute atomic E-state index is 0.151. The van der Waals surface area contributed by atoms with Crippen LogP contribution in [-0.2, 0) is 0 Å². The molecule has 1 aliphatic rings. The number of benzene rings is 1. The van der Waals surface area contributed by atoms with Crippen molar-refractivity contribution in [2.45, 2.75) is 13.0 Å². The van der Waals surface area contributed by atoms with Crippen molar-refractivity contribution in [1.29, 1.82) is 0 Å². The summed E-state index contributed by atoms with van der Waals surface area (Å²) in [4.78, 5) is 4.13. The van der Waals surface area contributed by atoms with Gasteiger partial charge in [-0.05, 0) is 13.0 Å². The smallest absolute Gasteiger partial charge is 0.146 e. The summed E-state index contributed by atoms with van der Waals surface area (Å²) in [6, 6.07) is 4.83. The first kappa shape index (κ1) is 14.2. The fourth-order valence-electron chi connectivity index (χ4n) is 2.54. The number of aliphatic hydroxyl groups is 2. The quantitative estimate of drug-likeness (QED) is 0.855. The Morgan fingerprint density at radius 2 is 1.95 bits per heavy atom. The van der Waals surface area contributed by atoms with Crippen LogP contribution in [0.1, 0.15) is 18.6 Å². The lowest BCUT2D eigenvalue weighted by Gasteiger charge is -2.37. The van der Waals surface area contributed by atoms with Gasteiger partial charge in [-0.3, -0.25) is 4.90 Å². The molecule has 2 rings (SSSR count). The Morgan fingerprint density at radius 3 is 2.53 bits per heavy atom. The molecule has 0 radical (unpaired) electrons. The molecule has 1 heterocycles. The zero-order valence-corrected chi connectivity index (χ0v) is 11.2. The number of piperazine rings is 1. The third-order valence-electron chi connectivity index (χ3n) is 3.57. The third kappa shape index (κ3) is 3.23. The topological polar surface area (TPSA) is 46.9 Å². The largest absolute Gasteiger partial charge is 0.395 e. The molecule has 0 amide bonds. The Labute approximate surface area is 113 Å². The molecule has 5 heteroatoms. The Morgan fingerprint density at radius 1 is 1.26 bits per heavy atom. The highest BCUT2D eigenvalue weighted by atomic mass is 19.1. The molecule has 0 spiro atoms. The second-order valence-electron chi connectivity index (χ2n) is 4.91. The molecule has 1 fully saturated rings. The molecule has 19 heavy (non-hydrogen) atoms. The van der Waals surface area contributed by atoms with Gasteiger partial charge in [-0.15, -0.1) is 0 Å². The first-order chi connectivity index (χ1) is 9.13. The number of nitrogens with zero attached hydrogens (tertiary/aromatic N) is 2. The first-order valence-corrected chi connectivity index (χ1v) is 6.68. The van der Waals surface area contributed by atoms with Crippen LogP contribution in [0.4, 0.5) is 10.1 Å². The average Bonchev–Trinajstić information content (AvgIpc) is 2.40. The van der Waals surface area contributed by atoms with Gasteiger partial charge in [0.2, 0.25) is 0 Å². The molecule has 0 aliphatic carbocycles. The van der Waals surface area contributed by atoms with Gasteiger partial charge in [0, 0.05) is 38.3 Å². The van der Waals surface area contributed by atoms with Crippen LogP contribution in [0.3, 0.4) is 0 Å². The van der Waals surface area contributed by atoms with E-state index in [1.807, 2.05) is 4.90 Å². The van der Waals surface area contributed by atoms with Crippen molar-refractivity contribution in [1.82, 2.24) is 4.90 Å². The van der Waals surface area contributed by atoms with E-state index in [4.69, 9.17) is 5.11 Å². The van der Waals surface area contributed by atoms with E-state index < -0.39 is 6.10 Å². The van der Waals surface area contributed by atoms with Gasteiger partial charge in [-0.25, -0.2) is 4.39 Å². The van der Waals surface area contributed by atoms with Crippen molar-refractivity contribution in [2.24, 2.45) is 0 Å². The molecular weight excluding hydrogens is 247 g/mol. The summed E-state index contributed by atoms with van der Waals surface area (Å²) in [7, 11) is 0. The summed E-state index contributed by atoms with van der Waals surface area (Å²) < 4.78 is 14.0. The van der Waals surface area contributed by atoms with Crippen LogP contribution in [0, 0.1) is 5.82 Å². The Bertz CT molecular complexity index is 418. The lowest BCUT2D eigenvalue weighted by Crippen LogP contribution is -2.47. The van der Waals surface area contributed by atoms with Gasteiger partial charge >= 0.3 is 0 Å². The monoisotopic (exact) mass is 268 g/mol. The highest BCUT2D eigenvalue weighted by Crippen LogP contribution is 2.30. The molecule has 1 aromatic rings. The Kier molecular flexibility index (Phi) is 4.74. The number of anilines is 1. The molecule has 1 aliphatic heterocycles. The maximum absolute atomic E-state index is 14.0. The van der Waals surface area contributed by atoms with Crippen molar-refractivity contribution in [3.05, 3.63) is 29.6 Å². The molecule has 1 aromatic carbocycles. The van der Waals surface area contributed by atoms with E-state index in [2.05, 4.69) is 4.90 Å². The van der Waals surface area contributed by atoms with Crippen molar-refractivity contribution in [2.75, 3.05) is 44.2 Å². The van der Waals surface area contributed by atoms with Crippen LogP contribution in [0.5, 0.6) is 0 Å². The number of rotatable bonds is 4. The summed E-state index contributed by atoms with van der Waals surface area (Å²) in [5.74, 6) is -0.283. The zero-order valence-electron chi connectivity index (χ0n) is 11.2. The van der Waals surface area contributed by atoms with Crippen LogP contribution in [0.15, 0.2) is 18.2 Å². The average molecular weight is 268 g/mol. The summed E-state index contributed by atoms with van der Waals surface area (Å²) in [6.45, 7) is 5.48. The molecule has 0 bridgehead atoms. The van der Waals surface area contributed by atoms with Crippen LogP contribution in [0.25, 0.3) is 0 Å². The third-order valence-corrected chi connectivity index (χ3v) is 3.57. The molecule has 0 unspecified atom stereocenters. The molecule has 106 valence electrons. The number of hydrogen-bond acceptors (Lipinski definition) is 4. The van der Waals surface area contributed by atoms with Gasteiger partial charge in [0.1, 0.15) is 5.82 Å². The van der Waals surface area contributed by atoms with Crippen LogP contribution in [0.2, 0.25) is 0 Å². The predicted molar refractivity (Wildman–Crippen MR) is 72.8 cm³/mol. The lowest BCUT2D eigenvalue weighted by molar-refractivity contribution is 0.186. The number of hydrogen-bond donors (Lipinski definition) is 2. The first-order valence-electron chi connectivity index (χ1n) is 6.68. The van der Waals surface area contributed by atoms with Crippen LogP contribution >= 0.6 is 0 Å². The second-order valence-corrected chi connectivity index (χ2v) is 4.91. The lowest BCUT2D eigenvalue weighted by atomic mass is 10.1. The Hall–Kier alpha value is -1.17. The van der Waals surface area contributed by atoms with E-state index in [0.29, 0.717) is 30.9 Å². The van der Waals surface area contributed by atoms with E-state index in [-0.39, 0.29) is 12.4 Å². The van der Waals surface area contributed by atoms with E-state index in [0.717, 1.165) is 13.1 Å². The molecule has 0 saturated carbocycles. The molecule has 2 N–H and O–H groups in total.